The van der Waals surface area contributed by atoms with Crippen molar-refractivity contribution in [2.24, 2.45) is 0 Å². The van der Waals surface area contributed by atoms with E-state index in [1.54, 1.807) is 54.6 Å². The molecule has 0 unspecified atom stereocenters. The van der Waals surface area contributed by atoms with Gasteiger partial charge in [0.1, 0.15) is 6.07 Å². The van der Waals surface area contributed by atoms with Crippen molar-refractivity contribution >= 4 is 17.5 Å². The monoisotopic (exact) mass is 305 g/mol. The molecule has 0 bridgehead atoms. The lowest BCUT2D eigenvalue weighted by Gasteiger charge is -2.07. The molecule has 2 N–H and O–H groups in total. The predicted molar refractivity (Wildman–Crippen MR) is 88.1 cm³/mol. The van der Waals surface area contributed by atoms with Crippen LogP contribution in [0, 0.1) is 11.3 Å². The van der Waals surface area contributed by atoms with Gasteiger partial charge in [0.15, 0.2) is 0 Å². The zero-order valence-corrected chi connectivity index (χ0v) is 12.4. The Kier molecular flexibility index (Phi) is 5.26. The molecule has 0 aliphatic carbocycles. The van der Waals surface area contributed by atoms with Crippen LogP contribution < -0.4 is 10.6 Å². The molecule has 0 heterocycles. The summed E-state index contributed by atoms with van der Waals surface area (Å²) in [6, 6.07) is 15.0. The Balaban J connectivity index is 2.10. The minimum atomic E-state index is -0.342. The van der Waals surface area contributed by atoms with Gasteiger partial charge >= 0.3 is 0 Å². The lowest BCUT2D eigenvalue weighted by molar-refractivity contribution is 0.0956. The van der Waals surface area contributed by atoms with Crippen molar-refractivity contribution in [2.45, 2.75) is 0 Å². The third-order valence-electron chi connectivity index (χ3n) is 3.11. The summed E-state index contributed by atoms with van der Waals surface area (Å²) in [4.78, 5) is 24.0. The number of nitrogens with one attached hydrogen (secondary N) is 2. The first kappa shape index (κ1) is 16.0. The third kappa shape index (κ3) is 4.05. The minimum Gasteiger partial charge on any atom is -0.349 e. The molecule has 0 radical (unpaired) electrons. The first-order chi connectivity index (χ1) is 11.2. The first-order valence-corrected chi connectivity index (χ1v) is 6.95. The highest BCUT2D eigenvalue weighted by Gasteiger charge is 2.10. The smallest absolute Gasteiger partial charge is 0.255 e. The van der Waals surface area contributed by atoms with E-state index in [1.165, 1.54) is 0 Å². The van der Waals surface area contributed by atoms with Crippen LogP contribution in [0.3, 0.4) is 0 Å². The number of rotatable bonds is 5. The number of carbonyl (C=O) groups is 2. The van der Waals surface area contributed by atoms with Crippen LogP contribution in [0.2, 0.25) is 0 Å². The molecule has 2 amide bonds. The number of amides is 2. The minimum absolute atomic E-state index is 0.230. The van der Waals surface area contributed by atoms with Gasteiger partial charge in [0, 0.05) is 17.7 Å². The number of hydrogen-bond donors (Lipinski definition) is 2. The summed E-state index contributed by atoms with van der Waals surface area (Å²) >= 11 is 0. The van der Waals surface area contributed by atoms with Crippen LogP contribution >= 0.6 is 0 Å². The average Bonchev–Trinajstić information content (AvgIpc) is 2.60. The maximum absolute atomic E-state index is 12.2. The Hall–Kier alpha value is -3.39. The van der Waals surface area contributed by atoms with E-state index in [4.69, 9.17) is 5.26 Å². The normalized spacial score (nSPS) is 9.52. The van der Waals surface area contributed by atoms with Crippen LogP contribution in [-0.2, 0) is 0 Å². The van der Waals surface area contributed by atoms with Crippen molar-refractivity contribution in [1.29, 1.82) is 5.26 Å². The van der Waals surface area contributed by atoms with Gasteiger partial charge in [-0.3, -0.25) is 9.59 Å². The highest BCUT2D eigenvalue weighted by atomic mass is 16.2. The van der Waals surface area contributed by atoms with Crippen molar-refractivity contribution in [3.63, 3.8) is 0 Å². The number of nitriles is 1. The topological polar surface area (TPSA) is 82.0 Å². The molecular formula is C18H15N3O2. The Bertz CT molecular complexity index is 774. The van der Waals surface area contributed by atoms with Gasteiger partial charge in [0.25, 0.3) is 11.8 Å². The molecule has 0 spiro atoms. The fourth-order valence-corrected chi connectivity index (χ4v) is 1.92. The molecule has 2 aromatic carbocycles. The van der Waals surface area contributed by atoms with Gasteiger partial charge in [-0.2, -0.15) is 5.26 Å². The molecule has 0 aliphatic heterocycles. The van der Waals surface area contributed by atoms with E-state index < -0.39 is 0 Å². The molecule has 0 aliphatic rings. The SMILES string of the molecule is C=CCNC(=O)c1ccc(C(=O)Nc2ccccc2C#N)cc1. The quantitative estimate of drug-likeness (QED) is 0.833. The lowest BCUT2D eigenvalue weighted by Crippen LogP contribution is -2.23. The molecule has 2 aromatic rings. The molecule has 5 nitrogen and oxygen atoms in total. The van der Waals surface area contributed by atoms with Crippen molar-refractivity contribution in [2.75, 3.05) is 11.9 Å². The summed E-state index contributed by atoms with van der Waals surface area (Å²) in [5.41, 5.74) is 1.70. The number of carbonyl (C=O) groups excluding carboxylic acids is 2. The molecule has 2 rings (SSSR count). The lowest BCUT2D eigenvalue weighted by atomic mass is 10.1. The Morgan fingerprint density at radius 2 is 1.65 bits per heavy atom. The summed E-state index contributed by atoms with van der Waals surface area (Å²) in [6.45, 7) is 3.91. The zero-order chi connectivity index (χ0) is 16.7. The maximum atomic E-state index is 12.2. The van der Waals surface area contributed by atoms with Crippen LogP contribution in [0.4, 0.5) is 5.69 Å². The zero-order valence-electron chi connectivity index (χ0n) is 12.4. The highest BCUT2D eigenvalue weighted by Crippen LogP contribution is 2.15. The van der Waals surface area contributed by atoms with E-state index >= 15 is 0 Å². The number of benzene rings is 2. The molecule has 0 saturated heterocycles. The summed E-state index contributed by atoms with van der Waals surface area (Å²) in [5, 5.41) is 14.4. The van der Waals surface area contributed by atoms with Crippen LogP contribution in [0.5, 0.6) is 0 Å². The molecule has 0 fully saturated rings. The van der Waals surface area contributed by atoms with Crippen LogP contribution in [-0.4, -0.2) is 18.4 Å². The largest absolute Gasteiger partial charge is 0.349 e. The van der Waals surface area contributed by atoms with Crippen molar-refractivity contribution in [1.82, 2.24) is 5.32 Å². The summed E-state index contributed by atoms with van der Waals surface area (Å²) in [7, 11) is 0. The van der Waals surface area contributed by atoms with Gasteiger partial charge in [-0.25, -0.2) is 0 Å². The van der Waals surface area contributed by atoms with Gasteiger partial charge in [0.05, 0.1) is 11.3 Å². The van der Waals surface area contributed by atoms with Crippen molar-refractivity contribution in [3.05, 3.63) is 77.9 Å². The number of para-hydroxylation sites is 1. The predicted octanol–water partition coefficient (Wildman–Crippen LogP) is 2.73. The number of anilines is 1. The van der Waals surface area contributed by atoms with Gasteiger partial charge in [-0.05, 0) is 36.4 Å². The number of hydrogen-bond acceptors (Lipinski definition) is 3. The van der Waals surface area contributed by atoms with Gasteiger partial charge < -0.3 is 10.6 Å². The molecule has 114 valence electrons. The fraction of sp³-hybridized carbons (Fsp3) is 0.0556. The van der Waals surface area contributed by atoms with Crippen molar-refractivity contribution in [3.8, 4) is 6.07 Å². The third-order valence-corrected chi connectivity index (χ3v) is 3.11. The van der Waals surface area contributed by atoms with Gasteiger partial charge in [-0.15, -0.1) is 6.58 Å². The second-order valence-corrected chi connectivity index (χ2v) is 4.69. The molecular weight excluding hydrogens is 290 g/mol. The Morgan fingerprint density at radius 1 is 1.04 bits per heavy atom. The van der Waals surface area contributed by atoms with Crippen LogP contribution in [0.15, 0.2) is 61.2 Å². The van der Waals surface area contributed by atoms with E-state index in [1.807, 2.05) is 6.07 Å². The van der Waals surface area contributed by atoms with E-state index in [9.17, 15) is 9.59 Å². The van der Waals surface area contributed by atoms with Gasteiger partial charge in [0.2, 0.25) is 0 Å². The van der Waals surface area contributed by atoms with Gasteiger partial charge in [-0.1, -0.05) is 18.2 Å². The summed E-state index contributed by atoms with van der Waals surface area (Å²) < 4.78 is 0. The standard InChI is InChI=1S/C18H15N3O2/c1-2-11-20-17(22)13-7-9-14(10-8-13)18(23)21-16-6-4-3-5-15(16)12-19/h2-10H,1,11H2,(H,20,22)(H,21,23). The molecule has 0 atom stereocenters. The Morgan fingerprint density at radius 3 is 2.26 bits per heavy atom. The molecule has 5 heteroatoms. The van der Waals surface area contributed by atoms with E-state index in [-0.39, 0.29) is 11.8 Å². The molecule has 0 saturated carbocycles. The summed E-state index contributed by atoms with van der Waals surface area (Å²) in [5.74, 6) is -0.572. The van der Waals surface area contributed by atoms with Crippen LogP contribution in [0.25, 0.3) is 0 Å². The highest BCUT2D eigenvalue weighted by molar-refractivity contribution is 6.05. The average molecular weight is 305 g/mol. The van der Waals surface area contributed by atoms with Crippen LogP contribution in [0.1, 0.15) is 26.3 Å². The second kappa shape index (κ2) is 7.57. The summed E-state index contributed by atoms with van der Waals surface area (Å²) in [6.07, 6.45) is 1.59. The number of nitrogens with zero attached hydrogens (tertiary/aromatic N) is 1. The second-order valence-electron chi connectivity index (χ2n) is 4.69. The molecule has 23 heavy (non-hydrogen) atoms. The Labute approximate surface area is 134 Å². The van der Waals surface area contributed by atoms with E-state index in [0.717, 1.165) is 0 Å². The first-order valence-electron chi connectivity index (χ1n) is 6.95. The molecule has 0 aromatic heterocycles. The van der Waals surface area contributed by atoms with E-state index in [0.29, 0.717) is 28.9 Å². The van der Waals surface area contributed by atoms with Crippen molar-refractivity contribution < 1.29 is 9.59 Å². The van der Waals surface area contributed by atoms with E-state index in [2.05, 4.69) is 17.2 Å². The maximum Gasteiger partial charge on any atom is 0.255 e. The fourth-order valence-electron chi connectivity index (χ4n) is 1.92.